The third kappa shape index (κ3) is 2.30. The maximum Gasteiger partial charge on any atom is 0.205 e. The average Bonchev–Trinajstić information content (AvgIpc) is 2.72. The molecule has 0 saturated carbocycles. The van der Waals surface area contributed by atoms with E-state index < -0.39 is 0 Å². The highest BCUT2D eigenvalue weighted by Gasteiger charge is 2.36. The Morgan fingerprint density at radius 3 is 3.00 bits per heavy atom. The zero-order valence-electron chi connectivity index (χ0n) is 8.95. The van der Waals surface area contributed by atoms with E-state index in [4.69, 9.17) is 9.47 Å². The molecule has 0 radical (unpaired) electrons. The molecule has 1 unspecified atom stereocenters. The Morgan fingerprint density at radius 2 is 2.21 bits per heavy atom. The van der Waals surface area contributed by atoms with Crippen molar-refractivity contribution in [2.24, 2.45) is 5.92 Å². The lowest BCUT2D eigenvalue weighted by molar-refractivity contribution is -0.0991. The Kier molecular flexibility index (Phi) is 3.46. The van der Waals surface area contributed by atoms with Crippen LogP contribution < -0.4 is 0 Å². The van der Waals surface area contributed by atoms with Gasteiger partial charge in [0.15, 0.2) is 0 Å². The van der Waals surface area contributed by atoms with E-state index >= 15 is 0 Å². The number of unbranched alkanes of at least 4 members (excludes halogenated alkanes) is 3. The van der Waals surface area contributed by atoms with E-state index in [1.54, 1.807) is 6.26 Å². The molecule has 2 heteroatoms. The van der Waals surface area contributed by atoms with Gasteiger partial charge in [0.1, 0.15) is 0 Å². The van der Waals surface area contributed by atoms with Crippen molar-refractivity contribution in [3.8, 4) is 0 Å². The zero-order chi connectivity index (χ0) is 9.80. The van der Waals surface area contributed by atoms with Gasteiger partial charge in [-0.15, -0.1) is 0 Å². The topological polar surface area (TPSA) is 18.5 Å². The lowest BCUT2D eigenvalue weighted by Crippen LogP contribution is -2.12. The second kappa shape index (κ2) is 4.83. The van der Waals surface area contributed by atoms with Gasteiger partial charge in [-0.1, -0.05) is 32.6 Å². The van der Waals surface area contributed by atoms with E-state index in [1.165, 1.54) is 32.1 Å². The minimum Gasteiger partial charge on any atom is -0.472 e. The third-order valence-corrected chi connectivity index (χ3v) is 3.13. The van der Waals surface area contributed by atoms with Crippen molar-refractivity contribution < 1.29 is 9.47 Å². The van der Waals surface area contributed by atoms with E-state index in [-0.39, 0.29) is 6.29 Å². The van der Waals surface area contributed by atoms with E-state index in [2.05, 4.69) is 13.0 Å². The van der Waals surface area contributed by atoms with Crippen molar-refractivity contribution in [2.75, 3.05) is 0 Å². The fourth-order valence-corrected chi connectivity index (χ4v) is 2.27. The van der Waals surface area contributed by atoms with Crippen LogP contribution in [-0.2, 0) is 9.47 Å². The molecule has 1 saturated heterocycles. The van der Waals surface area contributed by atoms with Crippen LogP contribution >= 0.6 is 0 Å². The van der Waals surface area contributed by atoms with Crippen LogP contribution in [0.4, 0.5) is 0 Å². The molecule has 2 nitrogen and oxygen atoms in total. The van der Waals surface area contributed by atoms with Crippen LogP contribution in [0.15, 0.2) is 12.3 Å². The molecule has 80 valence electrons. The van der Waals surface area contributed by atoms with E-state index in [0.717, 1.165) is 6.42 Å². The largest absolute Gasteiger partial charge is 0.472 e. The molecule has 2 aliphatic rings. The number of fused-ring (bicyclic) bond motifs is 1. The maximum atomic E-state index is 5.78. The van der Waals surface area contributed by atoms with Crippen molar-refractivity contribution in [3.05, 3.63) is 12.3 Å². The van der Waals surface area contributed by atoms with Crippen molar-refractivity contribution in [1.82, 2.24) is 0 Å². The standard InChI is InChI=1S/C12H20O2/c1-2-3-4-5-6-11-9-10-7-8-13-12(10)14-11/h7-8,10-12H,2-6,9H2,1H3/t10-,11?,12+/m1/s1. The van der Waals surface area contributed by atoms with Gasteiger partial charge in [0.25, 0.3) is 0 Å². The molecule has 0 aromatic heterocycles. The van der Waals surface area contributed by atoms with Crippen LogP contribution in [0.5, 0.6) is 0 Å². The van der Waals surface area contributed by atoms with E-state index in [1.807, 2.05) is 0 Å². The first-order valence-corrected chi connectivity index (χ1v) is 5.87. The SMILES string of the molecule is CCCCCCC1C[C@H]2C=CO[C@H]2O1. The fraction of sp³-hybridized carbons (Fsp3) is 0.833. The molecule has 0 aromatic rings. The number of ether oxygens (including phenoxy) is 2. The molecule has 0 spiro atoms. The van der Waals surface area contributed by atoms with Crippen LogP contribution in [0.1, 0.15) is 45.4 Å². The quantitative estimate of drug-likeness (QED) is 0.628. The summed E-state index contributed by atoms with van der Waals surface area (Å²) in [6.45, 7) is 2.25. The van der Waals surface area contributed by atoms with Crippen LogP contribution in [-0.4, -0.2) is 12.4 Å². The molecule has 2 rings (SSSR count). The first-order chi connectivity index (χ1) is 6.90. The third-order valence-electron chi connectivity index (χ3n) is 3.13. The molecule has 0 amide bonds. The Labute approximate surface area is 86.3 Å². The lowest BCUT2D eigenvalue weighted by atomic mass is 10.0. The Balaban J connectivity index is 1.62. The summed E-state index contributed by atoms with van der Waals surface area (Å²) in [5.41, 5.74) is 0. The summed E-state index contributed by atoms with van der Waals surface area (Å²) in [7, 11) is 0. The van der Waals surface area contributed by atoms with E-state index in [9.17, 15) is 0 Å². The number of hydrogen-bond acceptors (Lipinski definition) is 2. The highest BCUT2D eigenvalue weighted by Crippen LogP contribution is 2.34. The van der Waals surface area contributed by atoms with Crippen molar-refractivity contribution in [3.63, 3.8) is 0 Å². The molecule has 1 fully saturated rings. The van der Waals surface area contributed by atoms with Gasteiger partial charge in [-0.3, -0.25) is 0 Å². The molecule has 0 aromatic carbocycles. The molecule has 0 N–H and O–H groups in total. The molecule has 0 aliphatic carbocycles. The number of rotatable bonds is 5. The van der Waals surface area contributed by atoms with Crippen LogP contribution in [0.25, 0.3) is 0 Å². The van der Waals surface area contributed by atoms with Crippen molar-refractivity contribution in [2.45, 2.75) is 57.8 Å². The first-order valence-electron chi connectivity index (χ1n) is 5.87. The summed E-state index contributed by atoms with van der Waals surface area (Å²) in [5, 5.41) is 0. The first kappa shape index (κ1) is 10.0. The summed E-state index contributed by atoms with van der Waals surface area (Å²) >= 11 is 0. The predicted octanol–water partition coefficient (Wildman–Crippen LogP) is 3.23. The second-order valence-corrected chi connectivity index (χ2v) is 4.34. The van der Waals surface area contributed by atoms with Gasteiger partial charge < -0.3 is 9.47 Å². The summed E-state index contributed by atoms with van der Waals surface area (Å²) < 4.78 is 11.1. The van der Waals surface area contributed by atoms with Crippen LogP contribution in [0.3, 0.4) is 0 Å². The predicted molar refractivity (Wildman–Crippen MR) is 55.8 cm³/mol. The van der Waals surface area contributed by atoms with Gasteiger partial charge in [-0.2, -0.15) is 0 Å². The van der Waals surface area contributed by atoms with Crippen LogP contribution in [0, 0.1) is 5.92 Å². The van der Waals surface area contributed by atoms with E-state index in [0.29, 0.717) is 12.0 Å². The maximum absolute atomic E-state index is 5.78. The summed E-state index contributed by atoms with van der Waals surface area (Å²) in [5.74, 6) is 0.533. The Bertz CT molecular complexity index is 200. The summed E-state index contributed by atoms with van der Waals surface area (Å²) in [6.07, 6.45) is 12.1. The summed E-state index contributed by atoms with van der Waals surface area (Å²) in [6, 6.07) is 0. The lowest BCUT2D eigenvalue weighted by Gasteiger charge is -2.11. The molecule has 14 heavy (non-hydrogen) atoms. The monoisotopic (exact) mass is 196 g/mol. The average molecular weight is 196 g/mol. The normalized spacial score (nSPS) is 34.5. The molecular weight excluding hydrogens is 176 g/mol. The van der Waals surface area contributed by atoms with Gasteiger partial charge in [0, 0.05) is 5.92 Å². The number of hydrogen-bond donors (Lipinski definition) is 0. The van der Waals surface area contributed by atoms with Crippen LogP contribution in [0.2, 0.25) is 0 Å². The minimum absolute atomic E-state index is 0.0474. The summed E-state index contributed by atoms with van der Waals surface area (Å²) in [4.78, 5) is 0. The highest BCUT2D eigenvalue weighted by atomic mass is 16.7. The zero-order valence-corrected chi connectivity index (χ0v) is 8.95. The molecule has 2 heterocycles. The molecule has 3 atom stereocenters. The molecule has 0 bridgehead atoms. The van der Waals surface area contributed by atoms with Gasteiger partial charge in [0.2, 0.25) is 6.29 Å². The van der Waals surface area contributed by atoms with Gasteiger partial charge >= 0.3 is 0 Å². The van der Waals surface area contributed by atoms with Gasteiger partial charge in [-0.05, 0) is 18.9 Å². The van der Waals surface area contributed by atoms with Gasteiger partial charge in [-0.25, -0.2) is 0 Å². The Morgan fingerprint density at radius 1 is 1.29 bits per heavy atom. The molecule has 2 aliphatic heterocycles. The minimum atomic E-state index is 0.0474. The fourth-order valence-electron chi connectivity index (χ4n) is 2.27. The highest BCUT2D eigenvalue weighted by molar-refractivity contribution is 4.97. The van der Waals surface area contributed by atoms with Crippen molar-refractivity contribution >= 4 is 0 Å². The molecular formula is C12H20O2. The Hall–Kier alpha value is -0.500. The smallest absolute Gasteiger partial charge is 0.205 e. The van der Waals surface area contributed by atoms with Gasteiger partial charge in [0.05, 0.1) is 12.4 Å². The van der Waals surface area contributed by atoms with Crippen molar-refractivity contribution in [1.29, 1.82) is 0 Å². The second-order valence-electron chi connectivity index (χ2n) is 4.34.